The summed E-state index contributed by atoms with van der Waals surface area (Å²) >= 11 is 3.43. The fourth-order valence-corrected chi connectivity index (χ4v) is 3.06. The largest absolute Gasteiger partial charge is 0.497 e. The second-order valence-electron chi connectivity index (χ2n) is 5.72. The lowest BCUT2D eigenvalue weighted by Crippen LogP contribution is -2.46. The van der Waals surface area contributed by atoms with Crippen molar-refractivity contribution in [2.75, 3.05) is 20.2 Å². The number of hydrogen-bond acceptors (Lipinski definition) is 3. The zero-order chi connectivity index (χ0) is 15.4. The lowest BCUT2D eigenvalue weighted by atomic mass is 10.0. The van der Waals surface area contributed by atoms with E-state index in [4.69, 9.17) is 4.74 Å². The summed E-state index contributed by atoms with van der Waals surface area (Å²) in [5, 5.41) is 3.14. The molecule has 1 N–H and O–H groups in total. The summed E-state index contributed by atoms with van der Waals surface area (Å²) in [6.07, 6.45) is 2.01. The number of likely N-dealkylation sites (tertiary alicyclic amines) is 1. The van der Waals surface area contributed by atoms with E-state index in [-0.39, 0.29) is 11.9 Å². The van der Waals surface area contributed by atoms with E-state index in [1.807, 2.05) is 12.1 Å². The van der Waals surface area contributed by atoms with Gasteiger partial charge in [-0.2, -0.15) is 0 Å². The molecule has 2 rings (SSSR count). The summed E-state index contributed by atoms with van der Waals surface area (Å²) in [5.74, 6) is 0.654. The molecule has 1 amide bonds. The first-order valence-corrected chi connectivity index (χ1v) is 8.19. The molecular weight excluding hydrogens is 332 g/mol. The van der Waals surface area contributed by atoms with Gasteiger partial charge in [-0.1, -0.05) is 0 Å². The Balaban J connectivity index is 1.96. The molecule has 4 nitrogen and oxygen atoms in total. The zero-order valence-corrected chi connectivity index (χ0v) is 14.4. The van der Waals surface area contributed by atoms with Crippen molar-refractivity contribution >= 4 is 21.8 Å². The number of hydrogen-bond donors (Lipinski definition) is 1. The summed E-state index contributed by atoms with van der Waals surface area (Å²) in [6, 6.07) is 6.28. The van der Waals surface area contributed by atoms with Crippen LogP contribution in [0, 0.1) is 0 Å². The zero-order valence-electron chi connectivity index (χ0n) is 12.9. The fraction of sp³-hybridized carbons (Fsp3) is 0.562. The molecule has 1 aromatic carbocycles. The molecule has 0 radical (unpaired) electrons. The average Bonchev–Trinajstić information content (AvgIpc) is 2.48. The van der Waals surface area contributed by atoms with Crippen molar-refractivity contribution in [1.29, 1.82) is 0 Å². The topological polar surface area (TPSA) is 41.6 Å². The van der Waals surface area contributed by atoms with Gasteiger partial charge in [-0.15, -0.1) is 0 Å². The second-order valence-corrected chi connectivity index (χ2v) is 6.58. The predicted molar refractivity (Wildman–Crippen MR) is 87.9 cm³/mol. The molecule has 0 spiro atoms. The first-order valence-electron chi connectivity index (χ1n) is 7.39. The molecule has 116 valence electrons. The number of ether oxygens (including phenoxy) is 1. The Morgan fingerprint density at radius 2 is 2.05 bits per heavy atom. The fourth-order valence-electron chi connectivity index (χ4n) is 2.63. The van der Waals surface area contributed by atoms with Crippen LogP contribution in [0.1, 0.15) is 37.0 Å². The molecule has 1 heterocycles. The quantitative estimate of drug-likeness (QED) is 0.903. The molecule has 1 aromatic rings. The lowest BCUT2D eigenvalue weighted by molar-refractivity contribution is 0.0899. The van der Waals surface area contributed by atoms with Crippen LogP contribution in [0.15, 0.2) is 22.7 Å². The smallest absolute Gasteiger partial charge is 0.252 e. The molecular formula is C16H23BrN2O2. The van der Waals surface area contributed by atoms with Crippen LogP contribution in [0.2, 0.25) is 0 Å². The number of piperidine rings is 1. The molecule has 0 saturated carbocycles. The highest BCUT2D eigenvalue weighted by Gasteiger charge is 2.23. The number of benzene rings is 1. The first kappa shape index (κ1) is 16.3. The maximum absolute atomic E-state index is 12.4. The number of halogens is 1. The van der Waals surface area contributed by atoms with Crippen molar-refractivity contribution in [2.45, 2.75) is 38.8 Å². The van der Waals surface area contributed by atoms with E-state index < -0.39 is 0 Å². The van der Waals surface area contributed by atoms with Crippen molar-refractivity contribution in [3.63, 3.8) is 0 Å². The molecule has 1 aliphatic rings. The number of methoxy groups -OCH3 is 1. The van der Waals surface area contributed by atoms with Gasteiger partial charge in [-0.25, -0.2) is 0 Å². The van der Waals surface area contributed by atoms with Gasteiger partial charge in [0.25, 0.3) is 5.91 Å². The van der Waals surface area contributed by atoms with Crippen LogP contribution < -0.4 is 10.1 Å². The van der Waals surface area contributed by atoms with Crippen LogP contribution in [0.3, 0.4) is 0 Å². The minimum Gasteiger partial charge on any atom is -0.497 e. The monoisotopic (exact) mass is 354 g/mol. The van der Waals surface area contributed by atoms with Gasteiger partial charge in [-0.3, -0.25) is 4.79 Å². The molecule has 5 heteroatoms. The van der Waals surface area contributed by atoms with Crippen LogP contribution >= 0.6 is 15.9 Å². The molecule has 0 aliphatic carbocycles. The van der Waals surface area contributed by atoms with Gasteiger partial charge in [-0.05, 0) is 60.8 Å². The van der Waals surface area contributed by atoms with Gasteiger partial charge >= 0.3 is 0 Å². The van der Waals surface area contributed by atoms with Crippen molar-refractivity contribution in [1.82, 2.24) is 10.2 Å². The molecule has 0 unspecified atom stereocenters. The summed E-state index contributed by atoms with van der Waals surface area (Å²) in [6.45, 7) is 6.52. The highest BCUT2D eigenvalue weighted by Crippen LogP contribution is 2.23. The molecule has 0 aromatic heterocycles. The molecule has 21 heavy (non-hydrogen) atoms. The van der Waals surface area contributed by atoms with E-state index in [1.54, 1.807) is 13.2 Å². The Kier molecular flexibility index (Phi) is 5.65. The number of rotatable bonds is 4. The van der Waals surface area contributed by atoms with E-state index in [0.717, 1.165) is 30.4 Å². The number of nitrogens with one attached hydrogen (secondary N) is 1. The number of carbonyl (C=O) groups excluding carboxylic acids is 1. The SMILES string of the molecule is COc1ccc(Br)c(C(=O)NC2CCN(C(C)C)CC2)c1. The minimum atomic E-state index is -0.0382. The Morgan fingerprint density at radius 1 is 1.38 bits per heavy atom. The summed E-state index contributed by atoms with van der Waals surface area (Å²) < 4.78 is 5.97. The minimum absolute atomic E-state index is 0.0382. The predicted octanol–water partition coefficient (Wildman–Crippen LogP) is 3.06. The van der Waals surface area contributed by atoms with Gasteiger partial charge < -0.3 is 15.0 Å². The Labute approximate surface area is 135 Å². The van der Waals surface area contributed by atoms with Crippen molar-refractivity contribution < 1.29 is 9.53 Å². The second kappa shape index (κ2) is 7.27. The van der Waals surface area contributed by atoms with Crippen molar-refractivity contribution in [2.24, 2.45) is 0 Å². The van der Waals surface area contributed by atoms with Crippen molar-refractivity contribution in [3.8, 4) is 5.75 Å². The molecule has 0 atom stereocenters. The Bertz CT molecular complexity index is 497. The van der Waals surface area contributed by atoms with Crippen LogP contribution in [0.4, 0.5) is 0 Å². The van der Waals surface area contributed by atoms with Crippen LogP contribution in [0.5, 0.6) is 5.75 Å². The van der Waals surface area contributed by atoms with E-state index >= 15 is 0 Å². The Morgan fingerprint density at radius 3 is 2.62 bits per heavy atom. The van der Waals surface area contributed by atoms with E-state index in [0.29, 0.717) is 17.4 Å². The Hall–Kier alpha value is -1.07. The standard InChI is InChI=1S/C16H23BrN2O2/c1-11(2)19-8-6-12(7-9-19)18-16(20)14-10-13(21-3)4-5-15(14)17/h4-5,10-12H,6-9H2,1-3H3,(H,18,20). The molecule has 1 fully saturated rings. The molecule has 1 saturated heterocycles. The average molecular weight is 355 g/mol. The van der Waals surface area contributed by atoms with Crippen LogP contribution in [-0.4, -0.2) is 43.1 Å². The highest BCUT2D eigenvalue weighted by atomic mass is 79.9. The van der Waals surface area contributed by atoms with E-state index in [1.165, 1.54) is 0 Å². The van der Waals surface area contributed by atoms with E-state index in [2.05, 4.69) is 40.0 Å². The summed E-state index contributed by atoms with van der Waals surface area (Å²) in [5.41, 5.74) is 0.626. The molecule has 1 aliphatic heterocycles. The number of amides is 1. The normalized spacial score (nSPS) is 17.0. The highest BCUT2D eigenvalue weighted by molar-refractivity contribution is 9.10. The van der Waals surface area contributed by atoms with Crippen molar-refractivity contribution in [3.05, 3.63) is 28.2 Å². The first-order chi connectivity index (χ1) is 10.0. The number of nitrogens with zero attached hydrogens (tertiary/aromatic N) is 1. The van der Waals surface area contributed by atoms with Gasteiger partial charge in [0.05, 0.1) is 12.7 Å². The number of carbonyl (C=O) groups is 1. The summed E-state index contributed by atoms with van der Waals surface area (Å²) in [7, 11) is 1.60. The van der Waals surface area contributed by atoms with Crippen LogP contribution in [0.25, 0.3) is 0 Å². The van der Waals surface area contributed by atoms with E-state index in [9.17, 15) is 4.79 Å². The maximum Gasteiger partial charge on any atom is 0.252 e. The third-order valence-electron chi connectivity index (χ3n) is 4.01. The molecule has 0 bridgehead atoms. The van der Waals surface area contributed by atoms with Gasteiger partial charge in [0.15, 0.2) is 0 Å². The third-order valence-corrected chi connectivity index (χ3v) is 4.70. The van der Waals surface area contributed by atoms with Gasteiger partial charge in [0, 0.05) is 29.6 Å². The van der Waals surface area contributed by atoms with Gasteiger partial charge in [0.2, 0.25) is 0 Å². The summed E-state index contributed by atoms with van der Waals surface area (Å²) in [4.78, 5) is 14.9. The lowest BCUT2D eigenvalue weighted by Gasteiger charge is -2.34. The van der Waals surface area contributed by atoms with Gasteiger partial charge in [0.1, 0.15) is 5.75 Å². The van der Waals surface area contributed by atoms with Crippen LogP contribution in [-0.2, 0) is 0 Å². The maximum atomic E-state index is 12.4. The third kappa shape index (κ3) is 4.20.